The van der Waals surface area contributed by atoms with Gasteiger partial charge in [0.25, 0.3) is 0 Å². The molecule has 5 rings (SSSR count). The third-order valence-corrected chi connectivity index (χ3v) is 6.02. The topological polar surface area (TPSA) is 83.3 Å². The van der Waals surface area contributed by atoms with Gasteiger partial charge in [0.05, 0.1) is 24.5 Å². The van der Waals surface area contributed by atoms with Crippen molar-refractivity contribution in [3.63, 3.8) is 0 Å². The molecule has 2 N–H and O–H groups in total. The van der Waals surface area contributed by atoms with E-state index in [-0.39, 0.29) is 17.8 Å². The van der Waals surface area contributed by atoms with Crippen LogP contribution in [0.2, 0.25) is 0 Å². The van der Waals surface area contributed by atoms with Crippen LogP contribution in [0, 0.1) is 12.4 Å². The van der Waals surface area contributed by atoms with Crippen molar-refractivity contribution in [2.24, 2.45) is 0 Å². The van der Waals surface area contributed by atoms with Gasteiger partial charge >= 0.3 is 0 Å². The first kappa shape index (κ1) is 21.8. The van der Waals surface area contributed by atoms with Crippen LogP contribution in [0.25, 0.3) is 27.1 Å². The molecule has 4 heterocycles. The SMILES string of the molecule is [C-]#[N+]c1cnc(N[C@@H](C)c2ccc(OC3CCN(C)C3)cc2)nc1-c1c[nH]c2ncc(F)cc12. The number of ether oxygens (including phenoxy) is 1. The molecule has 8 nitrogen and oxygen atoms in total. The van der Waals surface area contributed by atoms with E-state index >= 15 is 0 Å². The number of anilines is 1. The van der Waals surface area contributed by atoms with Gasteiger partial charge in [0.1, 0.15) is 23.3 Å². The number of hydrogen-bond donors (Lipinski definition) is 2. The molecule has 1 aliphatic heterocycles. The van der Waals surface area contributed by atoms with E-state index in [1.807, 2.05) is 31.2 Å². The van der Waals surface area contributed by atoms with E-state index in [2.05, 4.69) is 42.0 Å². The van der Waals surface area contributed by atoms with Crippen LogP contribution in [0.5, 0.6) is 5.75 Å². The number of H-pyrrole nitrogens is 1. The summed E-state index contributed by atoms with van der Waals surface area (Å²) >= 11 is 0. The van der Waals surface area contributed by atoms with Gasteiger partial charge in [-0.15, -0.1) is 0 Å². The van der Waals surface area contributed by atoms with Crippen molar-refractivity contribution in [3.05, 3.63) is 71.7 Å². The van der Waals surface area contributed by atoms with E-state index in [9.17, 15) is 4.39 Å². The van der Waals surface area contributed by atoms with Gasteiger partial charge < -0.3 is 19.9 Å². The lowest BCUT2D eigenvalue weighted by atomic mass is 10.1. The number of benzene rings is 1. The minimum Gasteiger partial charge on any atom is -0.489 e. The number of likely N-dealkylation sites (N-methyl/N-ethyl adjacent to an activating group) is 1. The molecule has 0 spiro atoms. The number of likely N-dealkylation sites (tertiary alicyclic amines) is 1. The van der Waals surface area contributed by atoms with Crippen LogP contribution < -0.4 is 10.1 Å². The summed E-state index contributed by atoms with van der Waals surface area (Å²) in [4.78, 5) is 21.8. The van der Waals surface area contributed by atoms with Crippen molar-refractivity contribution in [2.45, 2.75) is 25.5 Å². The normalized spacial score (nSPS) is 16.9. The van der Waals surface area contributed by atoms with E-state index in [1.54, 1.807) is 6.20 Å². The molecule has 1 fully saturated rings. The number of fused-ring (bicyclic) bond motifs is 1. The van der Waals surface area contributed by atoms with Crippen LogP contribution in [0.1, 0.15) is 24.9 Å². The zero-order valence-electron chi connectivity index (χ0n) is 18.9. The van der Waals surface area contributed by atoms with Gasteiger partial charge in [-0.05, 0) is 44.2 Å². The number of hydrogen-bond acceptors (Lipinski definition) is 6. The van der Waals surface area contributed by atoms with Crippen molar-refractivity contribution in [1.82, 2.24) is 24.8 Å². The second kappa shape index (κ2) is 9.08. The van der Waals surface area contributed by atoms with E-state index in [0.717, 1.165) is 37.0 Å². The Hall–Kier alpha value is -4.03. The van der Waals surface area contributed by atoms with Gasteiger partial charge in [0, 0.05) is 36.4 Å². The second-order valence-electron chi connectivity index (χ2n) is 8.52. The highest BCUT2D eigenvalue weighted by Gasteiger charge is 2.21. The molecule has 4 aromatic rings. The van der Waals surface area contributed by atoms with Crippen molar-refractivity contribution >= 4 is 22.7 Å². The molecule has 1 unspecified atom stereocenters. The summed E-state index contributed by atoms with van der Waals surface area (Å²) in [6.45, 7) is 11.5. The van der Waals surface area contributed by atoms with E-state index in [0.29, 0.717) is 28.2 Å². The van der Waals surface area contributed by atoms with E-state index < -0.39 is 5.82 Å². The molecule has 0 saturated carbocycles. The predicted molar refractivity (Wildman–Crippen MR) is 128 cm³/mol. The van der Waals surface area contributed by atoms with Crippen LogP contribution >= 0.6 is 0 Å². The quantitative estimate of drug-likeness (QED) is 0.398. The van der Waals surface area contributed by atoms with Crippen molar-refractivity contribution in [1.29, 1.82) is 0 Å². The third kappa shape index (κ3) is 4.40. The molecule has 1 aliphatic rings. The average Bonchev–Trinajstić information content (AvgIpc) is 3.44. The van der Waals surface area contributed by atoms with Gasteiger partial charge in [-0.1, -0.05) is 12.1 Å². The summed E-state index contributed by atoms with van der Waals surface area (Å²) in [5, 5.41) is 3.86. The smallest absolute Gasteiger partial charge is 0.231 e. The van der Waals surface area contributed by atoms with E-state index in [4.69, 9.17) is 11.3 Å². The molecule has 1 saturated heterocycles. The largest absolute Gasteiger partial charge is 0.489 e. The molecule has 3 aromatic heterocycles. The minimum absolute atomic E-state index is 0.0830. The van der Waals surface area contributed by atoms with Gasteiger partial charge in [-0.3, -0.25) is 0 Å². The van der Waals surface area contributed by atoms with Crippen molar-refractivity contribution in [2.75, 3.05) is 25.5 Å². The molecule has 0 aliphatic carbocycles. The molecule has 34 heavy (non-hydrogen) atoms. The molecular formula is C25H24FN7O. The first-order valence-electron chi connectivity index (χ1n) is 11.1. The van der Waals surface area contributed by atoms with Gasteiger partial charge in [-0.25, -0.2) is 24.2 Å². The van der Waals surface area contributed by atoms with Gasteiger partial charge in [-0.2, -0.15) is 0 Å². The minimum atomic E-state index is -0.453. The van der Waals surface area contributed by atoms with Crippen LogP contribution in [0.15, 0.2) is 48.9 Å². The van der Waals surface area contributed by atoms with Crippen LogP contribution in [-0.2, 0) is 0 Å². The maximum absolute atomic E-state index is 13.8. The summed E-state index contributed by atoms with van der Waals surface area (Å²) in [5.74, 6) is 0.783. The molecular weight excluding hydrogens is 433 g/mol. The Labute approximate surface area is 196 Å². The second-order valence-corrected chi connectivity index (χ2v) is 8.52. The Morgan fingerprint density at radius 2 is 2.09 bits per heavy atom. The molecule has 9 heteroatoms. The molecule has 0 bridgehead atoms. The lowest BCUT2D eigenvalue weighted by Gasteiger charge is -2.17. The Morgan fingerprint density at radius 3 is 2.82 bits per heavy atom. The lowest BCUT2D eigenvalue weighted by molar-refractivity contribution is 0.208. The molecule has 2 atom stereocenters. The molecule has 0 radical (unpaired) electrons. The molecule has 1 aromatic carbocycles. The number of halogens is 1. The fraction of sp³-hybridized carbons (Fsp3) is 0.280. The van der Waals surface area contributed by atoms with Crippen molar-refractivity contribution in [3.8, 4) is 17.0 Å². The summed E-state index contributed by atoms with van der Waals surface area (Å²) < 4.78 is 19.9. The number of aromatic nitrogens is 4. The summed E-state index contributed by atoms with van der Waals surface area (Å²) in [7, 11) is 2.10. The monoisotopic (exact) mass is 457 g/mol. The molecule has 172 valence electrons. The summed E-state index contributed by atoms with van der Waals surface area (Å²) in [6, 6.07) is 9.30. The number of rotatable bonds is 6. The van der Waals surface area contributed by atoms with E-state index in [1.165, 1.54) is 12.3 Å². The maximum Gasteiger partial charge on any atom is 0.231 e. The Morgan fingerprint density at radius 1 is 1.26 bits per heavy atom. The number of aromatic amines is 1. The predicted octanol–water partition coefficient (Wildman–Crippen LogP) is 4.97. The van der Waals surface area contributed by atoms with Crippen LogP contribution in [-0.4, -0.2) is 51.1 Å². The maximum atomic E-state index is 13.8. The molecule has 0 amide bonds. The highest BCUT2D eigenvalue weighted by atomic mass is 19.1. The van der Waals surface area contributed by atoms with Gasteiger partial charge in [0.2, 0.25) is 11.6 Å². The lowest BCUT2D eigenvalue weighted by Crippen LogP contribution is -2.21. The Kier molecular flexibility index (Phi) is 5.82. The van der Waals surface area contributed by atoms with Gasteiger partial charge in [0.15, 0.2) is 0 Å². The highest BCUT2D eigenvalue weighted by molar-refractivity contribution is 5.96. The van der Waals surface area contributed by atoms with Crippen LogP contribution in [0.4, 0.5) is 16.0 Å². The Balaban J connectivity index is 1.35. The zero-order valence-corrected chi connectivity index (χ0v) is 18.9. The fourth-order valence-electron chi connectivity index (χ4n) is 4.19. The summed E-state index contributed by atoms with van der Waals surface area (Å²) in [5.41, 5.74) is 2.88. The highest BCUT2D eigenvalue weighted by Crippen LogP contribution is 2.34. The number of pyridine rings is 1. The average molecular weight is 458 g/mol. The van der Waals surface area contributed by atoms with Crippen LogP contribution in [0.3, 0.4) is 0 Å². The Bertz CT molecular complexity index is 1360. The summed E-state index contributed by atoms with van der Waals surface area (Å²) in [6.07, 6.45) is 5.58. The first-order valence-corrected chi connectivity index (χ1v) is 11.1. The standard InChI is InChI=1S/C25H24FN7O/c1-15(16-4-6-18(7-5-16)34-19-8-9-33(3)14-19)31-25-30-13-22(27-2)23(32-25)21-12-29-24-20(21)10-17(26)11-28-24/h4-7,10-13,15,19H,8-9,14H2,1,3H3,(H,28,29)(H,30,31,32)/t15-,19?/m0/s1. The third-order valence-electron chi connectivity index (χ3n) is 6.02. The first-order chi connectivity index (χ1) is 16.5. The zero-order chi connectivity index (χ0) is 23.7. The van der Waals surface area contributed by atoms with Crippen molar-refractivity contribution < 1.29 is 9.13 Å². The number of nitrogens with one attached hydrogen (secondary N) is 2. The fourth-order valence-corrected chi connectivity index (χ4v) is 4.19. The number of nitrogens with zero attached hydrogens (tertiary/aromatic N) is 5.